The van der Waals surface area contributed by atoms with E-state index in [1.54, 1.807) is 19.1 Å². The fraction of sp³-hybridized carbons (Fsp3) is 0.333. The average Bonchev–Trinajstić information content (AvgIpc) is 2.06. The van der Waals surface area contributed by atoms with Crippen molar-refractivity contribution >= 4 is 22.6 Å². The van der Waals surface area contributed by atoms with Crippen LogP contribution in [-0.2, 0) is 0 Å². The smallest absolute Gasteiger partial charge is 0.316 e. The molecule has 0 saturated heterocycles. The van der Waals surface area contributed by atoms with Gasteiger partial charge in [0.25, 0.3) is 0 Å². The standard InChI is InChI=1S/C9H9F3IN/c1-5-2-3-7(13)6(4-5)8(14)9(10,11)12/h2-4,8H,14H2,1H3/t8-/m1/s1. The summed E-state index contributed by atoms with van der Waals surface area (Å²) in [7, 11) is 0. The Bertz CT molecular complexity index is 335. The third-order valence-corrected chi connectivity index (χ3v) is 2.82. The van der Waals surface area contributed by atoms with Gasteiger partial charge >= 0.3 is 6.18 Å². The van der Waals surface area contributed by atoms with Gasteiger partial charge in [-0.15, -0.1) is 0 Å². The van der Waals surface area contributed by atoms with Crippen molar-refractivity contribution in [2.45, 2.75) is 19.1 Å². The molecule has 0 saturated carbocycles. The second kappa shape index (κ2) is 4.06. The number of benzene rings is 1. The number of hydrogen-bond donors (Lipinski definition) is 1. The molecule has 0 unspecified atom stereocenters. The van der Waals surface area contributed by atoms with Crippen LogP contribution in [0, 0.1) is 10.5 Å². The lowest BCUT2D eigenvalue weighted by atomic mass is 10.1. The van der Waals surface area contributed by atoms with Crippen LogP contribution in [0.1, 0.15) is 17.2 Å². The van der Waals surface area contributed by atoms with Crippen LogP contribution in [0.3, 0.4) is 0 Å². The summed E-state index contributed by atoms with van der Waals surface area (Å²) < 4.78 is 37.5. The fourth-order valence-corrected chi connectivity index (χ4v) is 1.75. The largest absolute Gasteiger partial charge is 0.407 e. The lowest BCUT2D eigenvalue weighted by molar-refractivity contribution is -0.149. The predicted molar refractivity (Wildman–Crippen MR) is 56.9 cm³/mol. The lowest BCUT2D eigenvalue weighted by Gasteiger charge is -2.17. The van der Waals surface area contributed by atoms with E-state index in [1.807, 2.05) is 22.6 Å². The number of nitrogens with two attached hydrogens (primary N) is 1. The molecule has 0 amide bonds. The summed E-state index contributed by atoms with van der Waals surface area (Å²) >= 11 is 1.85. The van der Waals surface area contributed by atoms with Gasteiger partial charge in [-0.25, -0.2) is 0 Å². The first-order valence-corrected chi connectivity index (χ1v) is 4.98. The third kappa shape index (κ3) is 2.60. The molecule has 1 aromatic carbocycles. The van der Waals surface area contributed by atoms with E-state index in [1.165, 1.54) is 6.07 Å². The molecule has 0 aliphatic heterocycles. The molecule has 0 aliphatic carbocycles. The summed E-state index contributed by atoms with van der Waals surface area (Å²) in [5, 5.41) is 0. The average molecular weight is 315 g/mol. The maximum Gasteiger partial charge on any atom is 0.407 e. The molecule has 0 bridgehead atoms. The van der Waals surface area contributed by atoms with Crippen molar-refractivity contribution < 1.29 is 13.2 Å². The number of halogens is 4. The molecule has 1 aromatic rings. The summed E-state index contributed by atoms with van der Waals surface area (Å²) in [6, 6.07) is 2.97. The molecular weight excluding hydrogens is 306 g/mol. The summed E-state index contributed by atoms with van der Waals surface area (Å²) in [5.41, 5.74) is 6.03. The molecule has 14 heavy (non-hydrogen) atoms. The topological polar surface area (TPSA) is 26.0 Å². The van der Waals surface area contributed by atoms with Crippen LogP contribution < -0.4 is 5.73 Å². The first kappa shape index (κ1) is 11.8. The summed E-state index contributed by atoms with van der Waals surface area (Å²) in [6.45, 7) is 1.74. The Kier molecular flexibility index (Phi) is 3.41. The lowest BCUT2D eigenvalue weighted by Crippen LogP contribution is -2.29. The molecule has 0 spiro atoms. The monoisotopic (exact) mass is 315 g/mol. The molecule has 1 atom stereocenters. The van der Waals surface area contributed by atoms with E-state index in [9.17, 15) is 13.2 Å². The highest BCUT2D eigenvalue weighted by Gasteiger charge is 2.38. The van der Waals surface area contributed by atoms with E-state index in [-0.39, 0.29) is 5.56 Å². The maximum atomic E-state index is 12.3. The SMILES string of the molecule is Cc1ccc(I)c([C@@H](N)C(F)(F)F)c1. The van der Waals surface area contributed by atoms with Crippen LogP contribution in [0.5, 0.6) is 0 Å². The van der Waals surface area contributed by atoms with Gasteiger partial charge in [-0.3, -0.25) is 0 Å². The Morgan fingerprint density at radius 1 is 1.36 bits per heavy atom. The van der Waals surface area contributed by atoms with Crippen molar-refractivity contribution in [3.63, 3.8) is 0 Å². The van der Waals surface area contributed by atoms with E-state index < -0.39 is 12.2 Å². The van der Waals surface area contributed by atoms with Crippen molar-refractivity contribution in [1.29, 1.82) is 0 Å². The highest BCUT2D eigenvalue weighted by atomic mass is 127. The van der Waals surface area contributed by atoms with Gasteiger partial charge in [0.05, 0.1) is 0 Å². The zero-order chi connectivity index (χ0) is 10.9. The molecule has 1 nitrogen and oxygen atoms in total. The van der Waals surface area contributed by atoms with Crippen LogP contribution in [0.15, 0.2) is 18.2 Å². The Labute approximate surface area is 93.6 Å². The third-order valence-electron chi connectivity index (χ3n) is 1.84. The first-order chi connectivity index (χ1) is 6.32. The second-order valence-electron chi connectivity index (χ2n) is 3.04. The number of alkyl halides is 3. The van der Waals surface area contributed by atoms with Gasteiger partial charge in [0.2, 0.25) is 0 Å². The van der Waals surface area contributed by atoms with Gasteiger partial charge in [0.15, 0.2) is 0 Å². The summed E-state index contributed by atoms with van der Waals surface area (Å²) in [5.74, 6) is 0. The van der Waals surface area contributed by atoms with Crippen molar-refractivity contribution in [3.8, 4) is 0 Å². The highest BCUT2D eigenvalue weighted by Crippen LogP contribution is 2.33. The molecule has 0 heterocycles. The van der Waals surface area contributed by atoms with Crippen LogP contribution in [0.25, 0.3) is 0 Å². The molecule has 1 rings (SSSR count). The summed E-state index contributed by atoms with van der Waals surface area (Å²) in [4.78, 5) is 0. The minimum atomic E-state index is -4.38. The molecule has 78 valence electrons. The van der Waals surface area contributed by atoms with Gasteiger partial charge in [-0.1, -0.05) is 17.7 Å². The number of aryl methyl sites for hydroxylation is 1. The molecule has 2 N–H and O–H groups in total. The summed E-state index contributed by atoms with van der Waals surface area (Å²) in [6.07, 6.45) is -4.38. The van der Waals surface area contributed by atoms with E-state index in [0.717, 1.165) is 5.56 Å². The Hall–Kier alpha value is -0.300. The molecule has 0 aromatic heterocycles. The van der Waals surface area contributed by atoms with Crippen molar-refractivity contribution in [2.24, 2.45) is 5.73 Å². The number of hydrogen-bond acceptors (Lipinski definition) is 1. The van der Waals surface area contributed by atoms with E-state index in [0.29, 0.717) is 3.57 Å². The van der Waals surface area contributed by atoms with Gasteiger partial charge < -0.3 is 5.73 Å². The number of rotatable bonds is 1. The fourth-order valence-electron chi connectivity index (χ4n) is 1.08. The first-order valence-electron chi connectivity index (χ1n) is 3.90. The van der Waals surface area contributed by atoms with E-state index in [4.69, 9.17) is 5.73 Å². The minimum absolute atomic E-state index is 0.137. The Balaban J connectivity index is 3.12. The Morgan fingerprint density at radius 2 is 1.93 bits per heavy atom. The van der Waals surface area contributed by atoms with Gasteiger partial charge in [0, 0.05) is 3.57 Å². The zero-order valence-corrected chi connectivity index (χ0v) is 9.56. The van der Waals surface area contributed by atoms with Crippen LogP contribution in [0.2, 0.25) is 0 Å². The van der Waals surface area contributed by atoms with Crippen LogP contribution >= 0.6 is 22.6 Å². The van der Waals surface area contributed by atoms with Crippen LogP contribution in [-0.4, -0.2) is 6.18 Å². The van der Waals surface area contributed by atoms with Crippen LogP contribution in [0.4, 0.5) is 13.2 Å². The normalized spacial score (nSPS) is 14.1. The maximum absolute atomic E-state index is 12.3. The quantitative estimate of drug-likeness (QED) is 0.792. The van der Waals surface area contributed by atoms with Gasteiger partial charge in [0.1, 0.15) is 6.04 Å². The minimum Gasteiger partial charge on any atom is -0.316 e. The Morgan fingerprint density at radius 3 is 2.43 bits per heavy atom. The van der Waals surface area contributed by atoms with Gasteiger partial charge in [-0.2, -0.15) is 13.2 Å². The molecule has 0 fully saturated rings. The van der Waals surface area contributed by atoms with Crippen molar-refractivity contribution in [2.75, 3.05) is 0 Å². The van der Waals surface area contributed by atoms with Crippen molar-refractivity contribution in [1.82, 2.24) is 0 Å². The second-order valence-corrected chi connectivity index (χ2v) is 4.21. The highest BCUT2D eigenvalue weighted by molar-refractivity contribution is 14.1. The molecule has 5 heteroatoms. The van der Waals surface area contributed by atoms with E-state index in [2.05, 4.69) is 0 Å². The van der Waals surface area contributed by atoms with Crippen molar-refractivity contribution in [3.05, 3.63) is 32.9 Å². The zero-order valence-electron chi connectivity index (χ0n) is 7.40. The molecule has 0 radical (unpaired) electrons. The molecule has 0 aliphatic rings. The predicted octanol–water partition coefficient (Wildman–Crippen LogP) is 3.16. The molecular formula is C9H9F3IN. The van der Waals surface area contributed by atoms with E-state index >= 15 is 0 Å². The van der Waals surface area contributed by atoms with Gasteiger partial charge in [-0.05, 0) is 41.1 Å².